The largest absolute Gasteiger partial charge is 0.454 e. The highest BCUT2D eigenvalue weighted by Gasteiger charge is 2.34. The molecular formula is C21H18N4O4. The van der Waals surface area contributed by atoms with Crippen molar-refractivity contribution in [1.29, 1.82) is 0 Å². The summed E-state index contributed by atoms with van der Waals surface area (Å²) in [6.45, 7) is 2.05. The van der Waals surface area contributed by atoms with Gasteiger partial charge in [0.15, 0.2) is 11.5 Å². The molecule has 0 bridgehead atoms. The highest BCUT2D eigenvalue weighted by Crippen LogP contribution is 2.36. The molecule has 5 rings (SSSR count). The van der Waals surface area contributed by atoms with Crippen molar-refractivity contribution in [1.82, 2.24) is 9.78 Å². The van der Waals surface area contributed by atoms with Crippen molar-refractivity contribution >= 4 is 23.3 Å². The molecule has 29 heavy (non-hydrogen) atoms. The van der Waals surface area contributed by atoms with E-state index in [0.29, 0.717) is 23.0 Å². The van der Waals surface area contributed by atoms with Crippen LogP contribution in [0.5, 0.6) is 11.5 Å². The van der Waals surface area contributed by atoms with E-state index in [9.17, 15) is 9.59 Å². The van der Waals surface area contributed by atoms with Crippen LogP contribution in [0.3, 0.4) is 0 Å². The second kappa shape index (κ2) is 6.66. The summed E-state index contributed by atoms with van der Waals surface area (Å²) in [5.41, 5.74) is 3.06. The van der Waals surface area contributed by atoms with Gasteiger partial charge in [-0.1, -0.05) is 30.3 Å². The molecule has 0 aliphatic carbocycles. The summed E-state index contributed by atoms with van der Waals surface area (Å²) < 4.78 is 12.2. The molecule has 0 spiro atoms. The quantitative estimate of drug-likeness (QED) is 0.717. The zero-order valence-electron chi connectivity index (χ0n) is 15.6. The molecule has 3 aromatic rings. The minimum Gasteiger partial charge on any atom is -0.454 e. The summed E-state index contributed by atoms with van der Waals surface area (Å²) >= 11 is 0. The first kappa shape index (κ1) is 17.3. The molecule has 2 aliphatic rings. The van der Waals surface area contributed by atoms with E-state index in [4.69, 9.17) is 9.47 Å². The molecule has 8 nitrogen and oxygen atoms in total. The van der Waals surface area contributed by atoms with Gasteiger partial charge in [0.05, 0.1) is 12.1 Å². The number of rotatable bonds is 3. The maximum atomic E-state index is 13.0. The van der Waals surface area contributed by atoms with E-state index < -0.39 is 6.04 Å². The normalized spacial score (nSPS) is 16.9. The maximum Gasteiger partial charge on any atom is 0.249 e. The van der Waals surface area contributed by atoms with Gasteiger partial charge in [0.2, 0.25) is 18.6 Å². The van der Waals surface area contributed by atoms with Crippen LogP contribution >= 0.6 is 0 Å². The van der Waals surface area contributed by atoms with Crippen molar-refractivity contribution in [3.8, 4) is 22.8 Å². The molecule has 2 aromatic carbocycles. The average molecular weight is 390 g/mol. The van der Waals surface area contributed by atoms with E-state index >= 15 is 0 Å². The molecule has 2 amide bonds. The van der Waals surface area contributed by atoms with E-state index in [2.05, 4.69) is 15.7 Å². The van der Waals surface area contributed by atoms with Crippen LogP contribution in [0.15, 0.2) is 48.5 Å². The highest BCUT2D eigenvalue weighted by atomic mass is 16.7. The summed E-state index contributed by atoms with van der Waals surface area (Å²) in [5, 5.41) is 10.4. The number of hydrogen-bond donors (Lipinski definition) is 2. The van der Waals surface area contributed by atoms with Crippen molar-refractivity contribution in [2.24, 2.45) is 0 Å². The molecule has 2 N–H and O–H groups in total. The smallest absolute Gasteiger partial charge is 0.249 e. The van der Waals surface area contributed by atoms with Crippen LogP contribution in [0.25, 0.3) is 11.3 Å². The summed E-state index contributed by atoms with van der Waals surface area (Å²) in [5.74, 6) is 1.22. The Balaban J connectivity index is 1.47. The number of ether oxygens (including phenoxy) is 2. The number of nitrogens with zero attached hydrogens (tertiary/aromatic N) is 2. The first-order chi connectivity index (χ1) is 14.1. The third kappa shape index (κ3) is 2.98. The minimum absolute atomic E-state index is 0.0126. The number of anilines is 2. The summed E-state index contributed by atoms with van der Waals surface area (Å²) in [6, 6.07) is 14.1. The Kier molecular flexibility index (Phi) is 3.97. The van der Waals surface area contributed by atoms with Crippen LogP contribution in [0.2, 0.25) is 0 Å². The van der Waals surface area contributed by atoms with Gasteiger partial charge in [0, 0.05) is 22.9 Å². The fourth-order valence-electron chi connectivity index (χ4n) is 3.61. The second-order valence-electron chi connectivity index (χ2n) is 6.96. The van der Waals surface area contributed by atoms with Crippen LogP contribution < -0.4 is 20.1 Å². The first-order valence-corrected chi connectivity index (χ1v) is 9.25. The molecule has 2 aliphatic heterocycles. The van der Waals surface area contributed by atoms with Crippen LogP contribution in [0.1, 0.15) is 18.0 Å². The number of carbonyl (C=O) groups excluding carboxylic acids is 2. The third-order valence-corrected chi connectivity index (χ3v) is 5.07. The third-order valence-electron chi connectivity index (χ3n) is 5.07. The molecule has 3 heterocycles. The Hall–Kier alpha value is -3.81. The zero-order chi connectivity index (χ0) is 20.0. The van der Waals surface area contributed by atoms with E-state index in [-0.39, 0.29) is 25.0 Å². The lowest BCUT2D eigenvalue weighted by Crippen LogP contribution is -2.35. The maximum absolute atomic E-state index is 13.0. The summed E-state index contributed by atoms with van der Waals surface area (Å²) in [4.78, 5) is 25.3. The topological polar surface area (TPSA) is 94.5 Å². The van der Waals surface area contributed by atoms with E-state index in [0.717, 1.165) is 16.8 Å². The molecule has 0 saturated heterocycles. The number of aromatic nitrogens is 2. The molecule has 1 aromatic heterocycles. The summed E-state index contributed by atoms with van der Waals surface area (Å²) in [6.07, 6.45) is 0.0126. The lowest BCUT2D eigenvalue weighted by Gasteiger charge is -2.24. The Bertz CT molecular complexity index is 1120. The fraction of sp³-hybridized carbons (Fsp3) is 0.190. The van der Waals surface area contributed by atoms with Gasteiger partial charge in [-0.05, 0) is 19.1 Å². The van der Waals surface area contributed by atoms with E-state index in [1.165, 1.54) is 0 Å². The van der Waals surface area contributed by atoms with Gasteiger partial charge in [-0.15, -0.1) is 0 Å². The second-order valence-corrected chi connectivity index (χ2v) is 6.96. The molecular weight excluding hydrogens is 372 g/mol. The molecule has 0 radical (unpaired) electrons. The van der Waals surface area contributed by atoms with Gasteiger partial charge in [0.1, 0.15) is 11.9 Å². The Labute approximate surface area is 166 Å². The van der Waals surface area contributed by atoms with Crippen molar-refractivity contribution in [3.05, 3.63) is 54.1 Å². The Morgan fingerprint density at radius 2 is 1.97 bits per heavy atom. The average Bonchev–Trinajstić information content (AvgIpc) is 3.32. The standard InChI is InChI=1S/C21H18N4O4/c1-12-19(13-5-3-2-4-6-13)24-25-15(10-18(26)23-20(12)25)21(27)22-14-7-8-16-17(9-14)29-11-28-16/h2-9,15H,10-11H2,1H3,(H,22,27)(H,23,26). The van der Waals surface area contributed by atoms with E-state index in [1.807, 2.05) is 37.3 Å². The van der Waals surface area contributed by atoms with Crippen molar-refractivity contribution in [2.45, 2.75) is 19.4 Å². The van der Waals surface area contributed by atoms with Gasteiger partial charge in [-0.3, -0.25) is 9.59 Å². The van der Waals surface area contributed by atoms with Gasteiger partial charge in [-0.25, -0.2) is 4.68 Å². The number of carbonyl (C=O) groups is 2. The van der Waals surface area contributed by atoms with Crippen LogP contribution in [0.4, 0.5) is 11.5 Å². The lowest BCUT2D eigenvalue weighted by atomic mass is 10.1. The highest BCUT2D eigenvalue weighted by molar-refractivity contribution is 6.02. The molecule has 146 valence electrons. The number of amides is 2. The van der Waals surface area contributed by atoms with Crippen molar-refractivity contribution in [3.63, 3.8) is 0 Å². The van der Waals surface area contributed by atoms with Crippen LogP contribution in [-0.4, -0.2) is 28.4 Å². The number of benzene rings is 2. The van der Waals surface area contributed by atoms with Crippen LogP contribution in [0, 0.1) is 6.92 Å². The minimum atomic E-state index is -0.750. The molecule has 0 fully saturated rings. The SMILES string of the molecule is Cc1c(-c2ccccc2)nn2c1NC(=O)CC2C(=O)Nc1ccc2c(c1)OCO2. The van der Waals surface area contributed by atoms with Gasteiger partial charge in [-0.2, -0.15) is 5.10 Å². The number of fused-ring (bicyclic) bond motifs is 2. The van der Waals surface area contributed by atoms with Gasteiger partial charge < -0.3 is 20.1 Å². The predicted octanol–water partition coefficient (Wildman–Crippen LogP) is 3.11. The molecule has 8 heteroatoms. The first-order valence-electron chi connectivity index (χ1n) is 9.25. The monoisotopic (exact) mass is 390 g/mol. The number of hydrogen-bond acceptors (Lipinski definition) is 5. The summed E-state index contributed by atoms with van der Waals surface area (Å²) in [7, 11) is 0. The van der Waals surface area contributed by atoms with Crippen molar-refractivity contribution < 1.29 is 19.1 Å². The lowest BCUT2D eigenvalue weighted by molar-refractivity contribution is -0.125. The van der Waals surface area contributed by atoms with Crippen molar-refractivity contribution in [2.75, 3.05) is 17.4 Å². The molecule has 0 saturated carbocycles. The van der Waals surface area contributed by atoms with E-state index in [1.54, 1.807) is 22.9 Å². The molecule has 1 atom stereocenters. The predicted molar refractivity (Wildman–Crippen MR) is 106 cm³/mol. The Morgan fingerprint density at radius 1 is 1.17 bits per heavy atom. The molecule has 1 unspecified atom stereocenters. The zero-order valence-corrected chi connectivity index (χ0v) is 15.6. The fourth-order valence-corrected chi connectivity index (χ4v) is 3.61. The van der Waals surface area contributed by atoms with Gasteiger partial charge >= 0.3 is 0 Å². The van der Waals surface area contributed by atoms with Crippen LogP contribution in [-0.2, 0) is 9.59 Å². The van der Waals surface area contributed by atoms with Gasteiger partial charge in [0.25, 0.3) is 0 Å². The number of nitrogens with one attached hydrogen (secondary N) is 2. The Morgan fingerprint density at radius 3 is 2.79 bits per heavy atom.